The van der Waals surface area contributed by atoms with Crippen LogP contribution in [0.15, 0.2) is 53.6 Å². The highest BCUT2D eigenvalue weighted by Gasteiger charge is 2.35. The van der Waals surface area contributed by atoms with Crippen molar-refractivity contribution in [3.05, 3.63) is 65.6 Å². The highest BCUT2D eigenvalue weighted by molar-refractivity contribution is 7.89. The summed E-state index contributed by atoms with van der Waals surface area (Å²) in [5.74, 6) is 1.42. The zero-order valence-corrected chi connectivity index (χ0v) is 24.4. The molecule has 0 spiro atoms. The molecule has 5 rings (SSSR count). The molecule has 2 aliphatic rings. The Morgan fingerprint density at radius 3 is 2.61 bits per heavy atom. The molecule has 3 heterocycles. The predicted octanol–water partition coefficient (Wildman–Crippen LogP) is 3.50. The van der Waals surface area contributed by atoms with Gasteiger partial charge in [-0.2, -0.15) is 9.57 Å². The van der Waals surface area contributed by atoms with Gasteiger partial charge in [0.25, 0.3) is 0 Å². The molecule has 10 nitrogen and oxygen atoms in total. The van der Waals surface area contributed by atoms with E-state index < -0.39 is 10.0 Å². The normalized spacial score (nSPS) is 18.4. The predicted molar refractivity (Wildman–Crippen MR) is 153 cm³/mol. The number of nitriles is 1. The average Bonchev–Trinajstić information content (AvgIpc) is 3.50. The van der Waals surface area contributed by atoms with Gasteiger partial charge < -0.3 is 19.1 Å². The lowest BCUT2D eigenvalue weighted by Gasteiger charge is -2.23. The van der Waals surface area contributed by atoms with Gasteiger partial charge in [0.2, 0.25) is 10.0 Å². The van der Waals surface area contributed by atoms with Crippen molar-refractivity contribution in [2.24, 2.45) is 0 Å². The fourth-order valence-corrected chi connectivity index (χ4v) is 6.83. The molecular formula is C30H35N5O5S. The van der Waals surface area contributed by atoms with Gasteiger partial charge in [0.15, 0.2) is 0 Å². The Morgan fingerprint density at radius 1 is 1.10 bits per heavy atom. The standard InChI is InChI=1S/C30H35N5O5S/c1-34(2)24-9-13-35(20-24)41(36,37)29-7-4-21(16-28(29)38-3)17-30-32-12-8-26(33-30)22-5-6-27(23(18-22)19-31)40-25-10-14-39-15-11-25/h4-8,12,16,18,24-25H,9-11,13-15,17,20H2,1-3H3. The van der Waals surface area contributed by atoms with Crippen molar-refractivity contribution in [2.75, 3.05) is 47.5 Å². The molecule has 3 aromatic rings. The van der Waals surface area contributed by atoms with Gasteiger partial charge in [0.05, 0.1) is 31.6 Å². The maximum atomic E-state index is 13.4. The maximum absolute atomic E-state index is 13.4. The van der Waals surface area contributed by atoms with Crippen LogP contribution in [0.4, 0.5) is 0 Å². The third-order valence-electron chi connectivity index (χ3n) is 7.63. The second kappa shape index (κ2) is 12.5. The first-order valence-electron chi connectivity index (χ1n) is 13.7. The number of likely N-dealkylation sites (N-methyl/N-ethyl adjacent to an activating group) is 1. The van der Waals surface area contributed by atoms with Crippen molar-refractivity contribution in [3.63, 3.8) is 0 Å². The van der Waals surface area contributed by atoms with Gasteiger partial charge in [-0.05, 0) is 62.5 Å². The minimum atomic E-state index is -3.69. The Balaban J connectivity index is 1.33. The molecule has 0 bridgehead atoms. The lowest BCUT2D eigenvalue weighted by atomic mass is 10.1. The Labute approximate surface area is 241 Å². The number of benzene rings is 2. The number of rotatable bonds is 9. The van der Waals surface area contributed by atoms with E-state index in [0.29, 0.717) is 61.3 Å². The zero-order valence-electron chi connectivity index (χ0n) is 23.6. The molecule has 0 radical (unpaired) electrons. The van der Waals surface area contributed by atoms with Gasteiger partial charge in [-0.3, -0.25) is 0 Å². The van der Waals surface area contributed by atoms with Crippen molar-refractivity contribution >= 4 is 10.0 Å². The molecule has 216 valence electrons. The van der Waals surface area contributed by atoms with Crippen molar-refractivity contribution in [1.29, 1.82) is 5.26 Å². The van der Waals surface area contributed by atoms with E-state index in [9.17, 15) is 13.7 Å². The average molecular weight is 578 g/mol. The number of nitrogens with zero attached hydrogens (tertiary/aromatic N) is 5. The molecule has 11 heteroatoms. The first-order valence-corrected chi connectivity index (χ1v) is 15.2. The molecular weight excluding hydrogens is 542 g/mol. The van der Waals surface area contributed by atoms with Crippen molar-refractivity contribution in [1.82, 2.24) is 19.2 Å². The van der Waals surface area contributed by atoms with Crippen molar-refractivity contribution in [3.8, 4) is 28.8 Å². The van der Waals surface area contributed by atoms with Gasteiger partial charge in [0, 0.05) is 50.2 Å². The summed E-state index contributed by atoms with van der Waals surface area (Å²) in [7, 11) is 1.72. The SMILES string of the molecule is COc1cc(Cc2nccc(-c3ccc(OC4CCOCC4)c(C#N)c3)n2)ccc1S(=O)(=O)N1CCC(N(C)C)C1. The molecule has 0 saturated carbocycles. The molecule has 1 atom stereocenters. The van der Waals surface area contributed by atoms with Crippen molar-refractivity contribution in [2.45, 2.75) is 42.7 Å². The summed E-state index contributed by atoms with van der Waals surface area (Å²) >= 11 is 0. The van der Waals surface area contributed by atoms with E-state index >= 15 is 0 Å². The minimum Gasteiger partial charge on any atom is -0.495 e. The van der Waals surface area contributed by atoms with E-state index in [2.05, 4.69) is 16.0 Å². The summed E-state index contributed by atoms with van der Waals surface area (Å²) in [5, 5.41) is 9.76. The maximum Gasteiger partial charge on any atom is 0.246 e. The van der Waals surface area contributed by atoms with Crippen LogP contribution in [0.3, 0.4) is 0 Å². The molecule has 2 fully saturated rings. The number of aromatic nitrogens is 2. The van der Waals surface area contributed by atoms with Gasteiger partial charge >= 0.3 is 0 Å². The second-order valence-electron chi connectivity index (χ2n) is 10.5. The van der Waals surface area contributed by atoms with Crippen LogP contribution in [-0.2, 0) is 21.2 Å². The molecule has 2 aromatic carbocycles. The van der Waals surface area contributed by atoms with Crippen LogP contribution in [0.2, 0.25) is 0 Å². The fourth-order valence-electron chi connectivity index (χ4n) is 5.21. The Hall–Kier alpha value is -3.56. The lowest BCUT2D eigenvalue weighted by Crippen LogP contribution is -2.34. The zero-order chi connectivity index (χ0) is 29.0. The molecule has 2 aliphatic heterocycles. The molecule has 0 amide bonds. The molecule has 0 N–H and O–H groups in total. The van der Waals surface area contributed by atoms with Crippen LogP contribution in [-0.4, -0.2) is 87.2 Å². The van der Waals surface area contributed by atoms with Gasteiger partial charge in [-0.25, -0.2) is 18.4 Å². The largest absolute Gasteiger partial charge is 0.495 e. The van der Waals surface area contributed by atoms with Crippen LogP contribution in [0.25, 0.3) is 11.3 Å². The number of methoxy groups -OCH3 is 1. The first-order chi connectivity index (χ1) is 19.8. The summed E-state index contributed by atoms with van der Waals surface area (Å²) < 4.78 is 45.3. The smallest absolute Gasteiger partial charge is 0.246 e. The van der Waals surface area contributed by atoms with E-state index in [4.69, 9.17) is 19.2 Å². The number of hydrogen-bond acceptors (Lipinski definition) is 9. The van der Waals surface area contributed by atoms with Gasteiger partial charge in [0.1, 0.15) is 34.4 Å². The van der Waals surface area contributed by atoms with Crippen LogP contribution in [0, 0.1) is 11.3 Å². The van der Waals surface area contributed by atoms with E-state index in [1.165, 1.54) is 11.4 Å². The van der Waals surface area contributed by atoms with E-state index in [-0.39, 0.29) is 17.0 Å². The molecule has 1 aromatic heterocycles. The minimum absolute atomic E-state index is 0.0380. The summed E-state index contributed by atoms with van der Waals surface area (Å²) in [5.41, 5.74) is 2.74. The van der Waals surface area contributed by atoms with E-state index in [1.54, 1.807) is 36.5 Å². The van der Waals surface area contributed by atoms with Gasteiger partial charge in [-0.15, -0.1) is 0 Å². The number of sulfonamides is 1. The quantitative estimate of drug-likeness (QED) is 0.377. The monoisotopic (exact) mass is 577 g/mol. The van der Waals surface area contributed by atoms with Crippen LogP contribution in [0.1, 0.15) is 36.2 Å². The fraction of sp³-hybridized carbons (Fsp3) is 0.433. The summed E-state index contributed by atoms with van der Waals surface area (Å²) in [4.78, 5) is 11.4. The molecule has 2 saturated heterocycles. The van der Waals surface area contributed by atoms with E-state index in [1.807, 2.05) is 26.2 Å². The first kappa shape index (κ1) is 29.0. The Bertz CT molecular complexity index is 1530. The highest BCUT2D eigenvalue weighted by Crippen LogP contribution is 2.32. The highest BCUT2D eigenvalue weighted by atomic mass is 32.2. The Morgan fingerprint density at radius 2 is 1.90 bits per heavy atom. The molecule has 0 aliphatic carbocycles. The van der Waals surface area contributed by atoms with Gasteiger partial charge in [-0.1, -0.05) is 6.07 Å². The number of ether oxygens (including phenoxy) is 3. The third-order valence-corrected chi connectivity index (χ3v) is 9.53. The van der Waals surface area contributed by atoms with Crippen molar-refractivity contribution < 1.29 is 22.6 Å². The molecule has 1 unspecified atom stereocenters. The van der Waals surface area contributed by atoms with Crippen LogP contribution >= 0.6 is 0 Å². The molecule has 41 heavy (non-hydrogen) atoms. The number of hydrogen-bond donors (Lipinski definition) is 0. The van der Waals surface area contributed by atoms with E-state index in [0.717, 1.165) is 30.4 Å². The summed E-state index contributed by atoms with van der Waals surface area (Å²) in [6, 6.07) is 14.8. The van der Waals surface area contributed by atoms with Crippen LogP contribution < -0.4 is 9.47 Å². The van der Waals surface area contributed by atoms with Crippen LogP contribution in [0.5, 0.6) is 11.5 Å². The summed E-state index contributed by atoms with van der Waals surface area (Å²) in [6.07, 6.45) is 4.50. The second-order valence-corrected chi connectivity index (χ2v) is 12.4. The topological polar surface area (TPSA) is 118 Å². The third kappa shape index (κ3) is 6.52. The summed E-state index contributed by atoms with van der Waals surface area (Å²) in [6.45, 7) is 2.26. The lowest BCUT2D eigenvalue weighted by molar-refractivity contribution is 0.0254. The Kier molecular flexibility index (Phi) is 8.85.